The zero-order chi connectivity index (χ0) is 17.4. The number of nitrogens with zero attached hydrogens (tertiary/aromatic N) is 2. The molecule has 136 valence electrons. The monoisotopic (exact) mass is 336 g/mol. The maximum Gasteiger partial charge on any atom is 0.347 e. The second-order valence-corrected chi connectivity index (χ2v) is 6.81. The molecule has 1 aromatic heterocycles. The minimum absolute atomic E-state index is 0.640. The van der Waals surface area contributed by atoms with E-state index in [4.69, 9.17) is 4.42 Å². The lowest BCUT2D eigenvalue weighted by Gasteiger charge is -2.26. The van der Waals surface area contributed by atoms with Gasteiger partial charge >= 0.3 is 5.97 Å². The first kappa shape index (κ1) is 18.7. The van der Waals surface area contributed by atoms with Gasteiger partial charge in [0.05, 0.1) is 6.26 Å². The Balaban J connectivity index is 1.64. The molecular formula is C19H32N2O3. The number of carbonyl (C=O) groups is 1. The highest BCUT2D eigenvalue weighted by atomic mass is 16.4. The summed E-state index contributed by atoms with van der Waals surface area (Å²) in [7, 11) is 1.78. The van der Waals surface area contributed by atoms with E-state index < -0.39 is 12.1 Å². The molecule has 0 aromatic carbocycles. The summed E-state index contributed by atoms with van der Waals surface area (Å²) < 4.78 is 5.42. The van der Waals surface area contributed by atoms with Gasteiger partial charge in [0.15, 0.2) is 0 Å². The number of fused-ring (bicyclic) bond motifs is 1. The number of anilines is 2. The van der Waals surface area contributed by atoms with Gasteiger partial charge in [0, 0.05) is 19.7 Å². The summed E-state index contributed by atoms with van der Waals surface area (Å²) in [6.45, 7) is 3.02. The lowest BCUT2D eigenvalue weighted by molar-refractivity contribution is -0.138. The molecule has 0 saturated heterocycles. The van der Waals surface area contributed by atoms with Crippen molar-refractivity contribution in [3.05, 3.63) is 12.3 Å². The lowest BCUT2D eigenvalue weighted by Crippen LogP contribution is -2.47. The van der Waals surface area contributed by atoms with E-state index in [0.717, 1.165) is 25.1 Å². The van der Waals surface area contributed by atoms with Gasteiger partial charge in [-0.1, -0.05) is 64.7 Å². The van der Waals surface area contributed by atoms with E-state index in [1.54, 1.807) is 18.2 Å². The smallest absolute Gasteiger partial charge is 0.347 e. The van der Waals surface area contributed by atoms with Gasteiger partial charge in [-0.3, -0.25) is 0 Å². The molecule has 24 heavy (non-hydrogen) atoms. The second-order valence-electron chi connectivity index (χ2n) is 6.81. The van der Waals surface area contributed by atoms with Crippen LogP contribution in [0.4, 0.5) is 11.6 Å². The molecule has 5 heteroatoms. The van der Waals surface area contributed by atoms with Crippen molar-refractivity contribution < 1.29 is 14.3 Å². The van der Waals surface area contributed by atoms with Crippen LogP contribution in [-0.4, -0.2) is 30.8 Å². The van der Waals surface area contributed by atoms with Crippen LogP contribution in [0, 0.1) is 0 Å². The van der Waals surface area contributed by atoms with Crippen molar-refractivity contribution in [3.63, 3.8) is 0 Å². The molecule has 1 aliphatic rings. The summed E-state index contributed by atoms with van der Waals surface area (Å²) in [6.07, 6.45) is 13.8. The largest absolute Gasteiger partial charge is 0.478 e. The van der Waals surface area contributed by atoms with Gasteiger partial charge in [-0.25, -0.2) is 4.79 Å². The van der Waals surface area contributed by atoms with Crippen molar-refractivity contribution in [2.24, 2.45) is 0 Å². The SMILES string of the molecule is CCCCCCCCCCCCN1c2ccoc2N(C)C1C(=O)O. The number of carboxylic acids is 1. The van der Waals surface area contributed by atoms with Gasteiger partial charge in [-0.15, -0.1) is 0 Å². The maximum absolute atomic E-state index is 11.5. The molecule has 0 saturated carbocycles. The number of hydrogen-bond donors (Lipinski definition) is 1. The first-order valence-corrected chi connectivity index (χ1v) is 9.46. The van der Waals surface area contributed by atoms with Gasteiger partial charge in [0.25, 0.3) is 0 Å². The Kier molecular flexibility index (Phi) is 7.47. The average molecular weight is 336 g/mol. The summed E-state index contributed by atoms with van der Waals surface area (Å²) in [6, 6.07) is 1.87. The topological polar surface area (TPSA) is 56.9 Å². The van der Waals surface area contributed by atoms with Crippen LogP contribution in [0.5, 0.6) is 0 Å². The molecule has 2 heterocycles. The van der Waals surface area contributed by atoms with E-state index in [2.05, 4.69) is 6.92 Å². The van der Waals surface area contributed by atoms with Gasteiger partial charge in [-0.05, 0) is 6.42 Å². The molecule has 0 fully saturated rings. The van der Waals surface area contributed by atoms with E-state index in [9.17, 15) is 9.90 Å². The first-order valence-electron chi connectivity index (χ1n) is 9.46. The van der Waals surface area contributed by atoms with E-state index >= 15 is 0 Å². The molecule has 0 amide bonds. The van der Waals surface area contributed by atoms with Crippen molar-refractivity contribution in [1.29, 1.82) is 0 Å². The standard InChI is InChI=1S/C19H32N2O3/c1-3-4-5-6-7-8-9-10-11-12-14-21-16-13-15-24-18(16)20(2)17(21)19(22)23/h13,15,17H,3-12,14H2,1-2H3,(H,22,23). The number of rotatable bonds is 12. The molecule has 1 atom stereocenters. The van der Waals surface area contributed by atoms with Gasteiger partial charge in [0.1, 0.15) is 5.69 Å². The number of aliphatic carboxylic acids is 1. The summed E-state index contributed by atoms with van der Waals surface area (Å²) in [5.41, 5.74) is 0.904. The van der Waals surface area contributed by atoms with Crippen LogP contribution in [0.3, 0.4) is 0 Å². The summed E-state index contributed by atoms with van der Waals surface area (Å²) in [4.78, 5) is 15.2. The van der Waals surface area contributed by atoms with Crippen LogP contribution in [-0.2, 0) is 4.79 Å². The number of furan rings is 1. The molecular weight excluding hydrogens is 304 g/mol. The molecule has 2 rings (SSSR count). The molecule has 0 radical (unpaired) electrons. The highest BCUT2D eigenvalue weighted by molar-refractivity contribution is 5.88. The van der Waals surface area contributed by atoms with Crippen LogP contribution in [0.2, 0.25) is 0 Å². The van der Waals surface area contributed by atoms with Crippen molar-refractivity contribution >= 4 is 17.5 Å². The van der Waals surface area contributed by atoms with Crippen LogP contribution in [0.15, 0.2) is 16.7 Å². The molecule has 1 unspecified atom stereocenters. The molecule has 1 aliphatic heterocycles. The van der Waals surface area contributed by atoms with Gasteiger partial charge in [-0.2, -0.15) is 0 Å². The predicted molar refractivity (Wildman–Crippen MR) is 97.7 cm³/mol. The Hall–Kier alpha value is -1.65. The van der Waals surface area contributed by atoms with E-state index in [1.807, 2.05) is 11.0 Å². The van der Waals surface area contributed by atoms with Gasteiger partial charge in [0.2, 0.25) is 12.0 Å². The minimum Gasteiger partial charge on any atom is -0.478 e. The zero-order valence-corrected chi connectivity index (χ0v) is 15.2. The molecule has 5 nitrogen and oxygen atoms in total. The zero-order valence-electron chi connectivity index (χ0n) is 15.2. The Bertz CT molecular complexity index is 501. The molecule has 1 N–H and O–H groups in total. The summed E-state index contributed by atoms with van der Waals surface area (Å²) in [5.74, 6) is -0.162. The van der Waals surface area contributed by atoms with E-state index in [-0.39, 0.29) is 0 Å². The Morgan fingerprint density at radius 2 is 1.67 bits per heavy atom. The van der Waals surface area contributed by atoms with Crippen molar-refractivity contribution in [2.75, 3.05) is 23.4 Å². The fourth-order valence-corrected chi connectivity index (χ4v) is 3.54. The third kappa shape index (κ3) is 4.68. The highest BCUT2D eigenvalue weighted by Crippen LogP contribution is 2.39. The quantitative estimate of drug-likeness (QED) is 0.552. The van der Waals surface area contributed by atoms with Crippen LogP contribution in [0.25, 0.3) is 0 Å². The Morgan fingerprint density at radius 1 is 1.08 bits per heavy atom. The lowest BCUT2D eigenvalue weighted by atomic mass is 10.1. The third-order valence-corrected chi connectivity index (χ3v) is 4.89. The van der Waals surface area contributed by atoms with E-state index in [1.165, 1.54) is 51.4 Å². The van der Waals surface area contributed by atoms with Crippen LogP contribution in [0.1, 0.15) is 71.1 Å². The minimum atomic E-state index is -0.823. The number of hydrogen-bond acceptors (Lipinski definition) is 4. The van der Waals surface area contributed by atoms with Crippen LogP contribution < -0.4 is 9.80 Å². The Morgan fingerprint density at radius 3 is 2.25 bits per heavy atom. The van der Waals surface area contributed by atoms with E-state index in [0.29, 0.717) is 5.88 Å². The normalized spacial score (nSPS) is 16.7. The number of unbranched alkanes of at least 4 members (excludes halogenated alkanes) is 9. The predicted octanol–water partition coefficient (Wildman–Crippen LogP) is 4.87. The second kappa shape index (κ2) is 9.60. The molecule has 0 aliphatic carbocycles. The Labute approximate surface area is 145 Å². The summed E-state index contributed by atoms with van der Waals surface area (Å²) >= 11 is 0. The van der Waals surface area contributed by atoms with Crippen molar-refractivity contribution in [1.82, 2.24) is 0 Å². The van der Waals surface area contributed by atoms with Crippen LogP contribution >= 0.6 is 0 Å². The first-order chi connectivity index (χ1) is 11.7. The molecule has 0 bridgehead atoms. The summed E-state index contributed by atoms with van der Waals surface area (Å²) in [5, 5.41) is 9.48. The molecule has 0 spiro atoms. The van der Waals surface area contributed by atoms with Crippen molar-refractivity contribution in [3.8, 4) is 0 Å². The fourth-order valence-electron chi connectivity index (χ4n) is 3.54. The maximum atomic E-state index is 11.5. The third-order valence-electron chi connectivity index (χ3n) is 4.89. The van der Waals surface area contributed by atoms with Crippen molar-refractivity contribution in [2.45, 2.75) is 77.3 Å². The fraction of sp³-hybridized carbons (Fsp3) is 0.737. The number of carboxylic acid groups (broad SMARTS) is 1. The highest BCUT2D eigenvalue weighted by Gasteiger charge is 2.40. The van der Waals surface area contributed by atoms with Gasteiger partial charge < -0.3 is 19.3 Å². The molecule has 1 aromatic rings. The number of likely N-dealkylation sites (N-methyl/N-ethyl adjacent to an activating group) is 1. The average Bonchev–Trinajstić information content (AvgIpc) is 3.12.